The maximum Gasteiger partial charge on any atom is 0.239 e. The summed E-state index contributed by atoms with van der Waals surface area (Å²) in [6, 6.07) is 12.2. The Morgan fingerprint density at radius 2 is 1.82 bits per heavy atom. The molecular weight excluding hydrogens is 397 g/mol. The molecule has 0 bridgehead atoms. The predicted molar refractivity (Wildman–Crippen MR) is 121 cm³/mol. The minimum atomic E-state index is -0.193. The van der Waals surface area contributed by atoms with Crippen molar-refractivity contribution in [2.24, 2.45) is 5.73 Å². The molecule has 6 nitrogen and oxygen atoms in total. The second kappa shape index (κ2) is 12.1. The Bertz CT molecular complexity index is 713. The van der Waals surface area contributed by atoms with Crippen LogP contribution in [0, 0.1) is 6.92 Å². The van der Waals surface area contributed by atoms with Crippen LogP contribution in [0.4, 0.5) is 5.82 Å². The van der Waals surface area contributed by atoms with E-state index in [0.717, 1.165) is 24.5 Å². The van der Waals surface area contributed by atoms with Crippen LogP contribution < -0.4 is 11.1 Å². The van der Waals surface area contributed by atoms with E-state index < -0.39 is 0 Å². The monoisotopic (exact) mass is 429 g/mol. The fraction of sp³-hybridized carbons (Fsp3) is 0.500. The second-order valence-electron chi connectivity index (χ2n) is 7.60. The minimum absolute atomic E-state index is 0. The first-order chi connectivity index (χ1) is 12.3. The van der Waals surface area contributed by atoms with Crippen molar-refractivity contribution in [3.05, 3.63) is 47.7 Å². The van der Waals surface area contributed by atoms with Crippen molar-refractivity contribution in [1.82, 2.24) is 14.7 Å². The molecule has 0 unspecified atom stereocenters. The topological polar surface area (TPSA) is 76.2 Å². The molecule has 8 heteroatoms. The number of amides is 1. The molecule has 0 aliphatic carbocycles. The Morgan fingerprint density at radius 1 is 1.18 bits per heavy atom. The van der Waals surface area contributed by atoms with Gasteiger partial charge in [-0.25, -0.2) is 4.68 Å². The molecule has 1 aromatic heterocycles. The van der Waals surface area contributed by atoms with Crippen LogP contribution in [0.25, 0.3) is 0 Å². The maximum absolute atomic E-state index is 12.6. The van der Waals surface area contributed by atoms with Crippen molar-refractivity contribution in [1.29, 1.82) is 0 Å². The van der Waals surface area contributed by atoms with Gasteiger partial charge in [-0.3, -0.25) is 9.69 Å². The van der Waals surface area contributed by atoms with Crippen LogP contribution in [0.5, 0.6) is 0 Å². The lowest BCUT2D eigenvalue weighted by Crippen LogP contribution is -2.38. The van der Waals surface area contributed by atoms with Crippen LogP contribution in [-0.2, 0) is 16.8 Å². The molecule has 0 spiro atoms. The van der Waals surface area contributed by atoms with E-state index in [4.69, 9.17) is 5.73 Å². The number of benzene rings is 1. The minimum Gasteiger partial charge on any atom is -0.329 e. The van der Waals surface area contributed by atoms with E-state index in [0.29, 0.717) is 19.6 Å². The van der Waals surface area contributed by atoms with Gasteiger partial charge in [-0.1, -0.05) is 30.3 Å². The van der Waals surface area contributed by atoms with Gasteiger partial charge < -0.3 is 11.1 Å². The molecular formula is C20H33Cl2N5O. The zero-order valence-electron chi connectivity index (χ0n) is 17.1. The van der Waals surface area contributed by atoms with Crippen LogP contribution >= 0.6 is 24.8 Å². The molecule has 1 aromatic carbocycles. The van der Waals surface area contributed by atoms with E-state index in [1.54, 1.807) is 0 Å². The summed E-state index contributed by atoms with van der Waals surface area (Å²) in [6.45, 7) is 10.5. The fourth-order valence-electron chi connectivity index (χ4n) is 2.87. The molecule has 158 valence electrons. The highest BCUT2D eigenvalue weighted by Gasteiger charge is 2.20. The number of carbonyl (C=O) groups is 1. The summed E-state index contributed by atoms with van der Waals surface area (Å²) in [6.07, 6.45) is 0.896. The summed E-state index contributed by atoms with van der Waals surface area (Å²) in [7, 11) is 0. The molecule has 0 radical (unpaired) electrons. The standard InChI is InChI=1S/C20H31N5O.2ClH/c1-16-14-18(25(23-16)20(2,3)4)22-19(26)15-24(13-11-21)12-10-17-8-6-5-7-9-17;;/h5-9,14H,10-13,15,21H2,1-4H3,(H,22,26);2*1H. The summed E-state index contributed by atoms with van der Waals surface area (Å²) in [5.41, 5.74) is 7.68. The number of hydrogen-bond acceptors (Lipinski definition) is 4. The fourth-order valence-corrected chi connectivity index (χ4v) is 2.87. The van der Waals surface area contributed by atoms with Crippen LogP contribution in [0.2, 0.25) is 0 Å². The highest BCUT2D eigenvalue weighted by molar-refractivity contribution is 5.91. The molecule has 0 saturated heterocycles. The Kier molecular flexibility index (Phi) is 11.4. The molecule has 0 atom stereocenters. The van der Waals surface area contributed by atoms with Crippen molar-refractivity contribution in [3.8, 4) is 0 Å². The van der Waals surface area contributed by atoms with E-state index in [1.807, 2.05) is 35.9 Å². The zero-order chi connectivity index (χ0) is 19.2. The first kappa shape index (κ1) is 26.4. The van der Waals surface area contributed by atoms with Crippen LogP contribution in [-0.4, -0.2) is 46.8 Å². The van der Waals surface area contributed by atoms with Gasteiger partial charge in [0.15, 0.2) is 0 Å². The van der Waals surface area contributed by atoms with E-state index in [-0.39, 0.29) is 36.3 Å². The number of nitrogens with two attached hydrogens (primary N) is 1. The first-order valence-corrected chi connectivity index (χ1v) is 9.13. The molecule has 3 N–H and O–H groups in total. The maximum atomic E-state index is 12.6. The highest BCUT2D eigenvalue weighted by atomic mass is 35.5. The molecule has 2 rings (SSSR count). The number of anilines is 1. The number of hydrogen-bond donors (Lipinski definition) is 2. The Labute approximate surface area is 180 Å². The third-order valence-corrected chi connectivity index (χ3v) is 4.11. The van der Waals surface area contributed by atoms with Crippen molar-refractivity contribution in [2.75, 3.05) is 31.5 Å². The van der Waals surface area contributed by atoms with E-state index >= 15 is 0 Å². The van der Waals surface area contributed by atoms with Gasteiger partial charge in [0.1, 0.15) is 5.82 Å². The molecule has 0 fully saturated rings. The Hall–Kier alpha value is -1.60. The quantitative estimate of drug-likeness (QED) is 0.674. The Balaban J connectivity index is 0.00000364. The van der Waals surface area contributed by atoms with Gasteiger partial charge in [0.05, 0.1) is 17.8 Å². The van der Waals surface area contributed by atoms with Crippen LogP contribution in [0.15, 0.2) is 36.4 Å². The number of nitrogens with zero attached hydrogens (tertiary/aromatic N) is 3. The average molecular weight is 430 g/mol. The summed E-state index contributed by atoms with van der Waals surface area (Å²) in [5, 5.41) is 7.50. The van der Waals surface area contributed by atoms with Crippen molar-refractivity contribution in [3.63, 3.8) is 0 Å². The molecule has 28 heavy (non-hydrogen) atoms. The van der Waals surface area contributed by atoms with Gasteiger partial charge >= 0.3 is 0 Å². The lowest BCUT2D eigenvalue weighted by atomic mass is 10.1. The summed E-state index contributed by atoms with van der Waals surface area (Å²) in [5.74, 6) is 0.688. The zero-order valence-corrected chi connectivity index (χ0v) is 18.8. The van der Waals surface area contributed by atoms with Gasteiger partial charge in [-0.2, -0.15) is 5.10 Å². The molecule has 2 aromatic rings. The van der Waals surface area contributed by atoms with Crippen molar-refractivity contribution in [2.45, 2.75) is 39.7 Å². The van der Waals surface area contributed by atoms with Gasteiger partial charge in [0.2, 0.25) is 5.91 Å². The first-order valence-electron chi connectivity index (χ1n) is 9.13. The number of rotatable bonds is 8. The van der Waals surface area contributed by atoms with E-state index in [9.17, 15) is 4.79 Å². The number of nitrogens with one attached hydrogen (secondary N) is 1. The number of carbonyl (C=O) groups excluding carboxylic acids is 1. The summed E-state index contributed by atoms with van der Waals surface area (Å²) < 4.78 is 1.86. The number of halogens is 2. The highest BCUT2D eigenvalue weighted by Crippen LogP contribution is 2.21. The average Bonchev–Trinajstić information content (AvgIpc) is 2.94. The van der Waals surface area contributed by atoms with E-state index in [2.05, 4.69) is 48.2 Å². The Morgan fingerprint density at radius 3 is 2.39 bits per heavy atom. The third kappa shape index (κ3) is 8.19. The number of aromatic nitrogens is 2. The van der Waals surface area contributed by atoms with Crippen LogP contribution in [0.1, 0.15) is 32.0 Å². The van der Waals surface area contributed by atoms with Gasteiger partial charge in [-0.05, 0) is 39.7 Å². The smallest absolute Gasteiger partial charge is 0.239 e. The van der Waals surface area contributed by atoms with Gasteiger partial charge in [0, 0.05) is 25.7 Å². The predicted octanol–water partition coefficient (Wildman–Crippen LogP) is 3.23. The molecule has 1 amide bonds. The summed E-state index contributed by atoms with van der Waals surface area (Å²) in [4.78, 5) is 14.7. The molecule has 0 saturated carbocycles. The van der Waals surface area contributed by atoms with E-state index in [1.165, 1.54) is 5.56 Å². The van der Waals surface area contributed by atoms with Crippen molar-refractivity contribution >= 4 is 36.5 Å². The largest absolute Gasteiger partial charge is 0.329 e. The molecule has 1 heterocycles. The van der Waals surface area contributed by atoms with Crippen molar-refractivity contribution < 1.29 is 4.79 Å². The van der Waals surface area contributed by atoms with Gasteiger partial charge in [-0.15, -0.1) is 24.8 Å². The lowest BCUT2D eigenvalue weighted by molar-refractivity contribution is -0.117. The lowest BCUT2D eigenvalue weighted by Gasteiger charge is -2.24. The van der Waals surface area contributed by atoms with Gasteiger partial charge in [0.25, 0.3) is 0 Å². The summed E-state index contributed by atoms with van der Waals surface area (Å²) >= 11 is 0. The second-order valence-corrected chi connectivity index (χ2v) is 7.60. The molecule has 0 aliphatic heterocycles. The third-order valence-electron chi connectivity index (χ3n) is 4.11. The normalized spacial score (nSPS) is 10.9. The van der Waals surface area contributed by atoms with Crippen LogP contribution in [0.3, 0.4) is 0 Å². The SMILES string of the molecule is Cc1cc(NC(=O)CN(CCN)CCc2ccccc2)n(C(C)(C)C)n1.Cl.Cl. The number of aryl methyl sites for hydroxylation is 1. The molecule has 0 aliphatic rings.